The minimum Gasteiger partial charge on any atom is -0.462 e. The van der Waals surface area contributed by atoms with E-state index in [0.717, 1.165) is 32.5 Å². The maximum Gasteiger partial charge on any atom is 0.311 e. The Hall–Kier alpha value is -1.95. The van der Waals surface area contributed by atoms with E-state index in [1.165, 1.54) is 0 Å². The fourth-order valence-electron chi connectivity index (χ4n) is 3.44. The van der Waals surface area contributed by atoms with Crippen LogP contribution in [0.4, 0.5) is 0 Å². The molecule has 0 saturated carbocycles. The summed E-state index contributed by atoms with van der Waals surface area (Å²) in [5.41, 5.74) is 5.93. The lowest BCUT2D eigenvalue weighted by Crippen LogP contribution is -2.30. The third kappa shape index (κ3) is 5.65. The Kier molecular flexibility index (Phi) is 6.80. The molecule has 0 aliphatic carbocycles. The Morgan fingerprint density at radius 2 is 1.77 bits per heavy atom. The first-order valence-corrected chi connectivity index (χ1v) is 11.6. The van der Waals surface area contributed by atoms with Gasteiger partial charge in [-0.2, -0.15) is 0 Å². The third-order valence-corrected chi connectivity index (χ3v) is 5.91. The molecular formula is C25H30ClNO3S. The van der Waals surface area contributed by atoms with Gasteiger partial charge in [0.05, 0.1) is 26.7 Å². The van der Waals surface area contributed by atoms with Crippen LogP contribution < -0.4 is 0 Å². The number of hydrogen-bond acceptors (Lipinski definition) is 5. The fraction of sp³-hybridized carbons (Fsp3) is 0.440. The summed E-state index contributed by atoms with van der Waals surface area (Å²) in [6, 6.07) is 9.86. The largest absolute Gasteiger partial charge is 0.462 e. The van der Waals surface area contributed by atoms with Crippen LogP contribution in [-0.4, -0.2) is 23.2 Å². The Morgan fingerprint density at radius 3 is 2.35 bits per heavy atom. The van der Waals surface area contributed by atoms with Crippen LogP contribution in [0.1, 0.15) is 58.8 Å². The molecule has 2 aromatic carbocycles. The normalized spacial score (nSPS) is 13.4. The van der Waals surface area contributed by atoms with E-state index in [1.54, 1.807) is 11.3 Å². The third-order valence-electron chi connectivity index (χ3n) is 4.80. The fourth-order valence-corrected chi connectivity index (χ4v) is 4.41. The Labute approximate surface area is 193 Å². The Balaban J connectivity index is 2.17. The molecule has 3 aromatic rings. The van der Waals surface area contributed by atoms with Gasteiger partial charge in [0, 0.05) is 10.6 Å². The van der Waals surface area contributed by atoms with Crippen LogP contribution in [0.15, 0.2) is 35.8 Å². The van der Waals surface area contributed by atoms with E-state index in [-0.39, 0.29) is 12.6 Å². The maximum absolute atomic E-state index is 12.5. The molecule has 0 unspecified atom stereocenters. The number of thiazole rings is 1. The number of ether oxygens (including phenoxy) is 2. The van der Waals surface area contributed by atoms with Crippen LogP contribution in [0.5, 0.6) is 0 Å². The molecule has 0 radical (unpaired) electrons. The van der Waals surface area contributed by atoms with Gasteiger partial charge in [0.15, 0.2) is 0 Å². The smallest absolute Gasteiger partial charge is 0.311 e. The number of halogens is 1. The van der Waals surface area contributed by atoms with Crippen LogP contribution in [0.3, 0.4) is 0 Å². The number of hydrogen-bond donors (Lipinski definition) is 0. The second-order valence-corrected chi connectivity index (χ2v) is 11.0. The number of benzene rings is 2. The van der Waals surface area contributed by atoms with Crippen molar-refractivity contribution in [3.63, 3.8) is 0 Å². The quantitative estimate of drug-likeness (QED) is 0.373. The standard InChI is InChI=1S/C25H30ClNO3S/c1-15-12-18-22(31-14-27-18)21(16-8-10-17(26)11-9-16)20(15)19(30-25(5,6)7)13-29-23(28)24(2,3)4/h8-12,14,19H,13H2,1-7H3/t19-/m0/s1. The lowest BCUT2D eigenvalue weighted by atomic mass is 9.91. The van der Waals surface area contributed by atoms with Crippen LogP contribution in [0, 0.1) is 12.3 Å². The molecule has 1 atom stereocenters. The minimum atomic E-state index is -0.581. The summed E-state index contributed by atoms with van der Waals surface area (Å²) < 4.78 is 13.3. The number of aryl methyl sites for hydroxylation is 1. The summed E-state index contributed by atoms with van der Waals surface area (Å²) in [6.45, 7) is 13.8. The van der Waals surface area contributed by atoms with Gasteiger partial charge in [-0.05, 0) is 83.4 Å². The zero-order chi connectivity index (χ0) is 23.0. The minimum absolute atomic E-state index is 0.138. The van der Waals surface area contributed by atoms with Crippen molar-refractivity contribution in [2.75, 3.05) is 6.61 Å². The van der Waals surface area contributed by atoms with Gasteiger partial charge in [-0.3, -0.25) is 4.79 Å². The average Bonchev–Trinajstić information content (AvgIpc) is 3.11. The van der Waals surface area contributed by atoms with Gasteiger partial charge in [-0.15, -0.1) is 11.3 Å². The van der Waals surface area contributed by atoms with Crippen molar-refractivity contribution in [2.24, 2.45) is 5.41 Å². The monoisotopic (exact) mass is 459 g/mol. The first-order chi connectivity index (χ1) is 14.4. The highest BCUT2D eigenvalue weighted by atomic mass is 35.5. The zero-order valence-electron chi connectivity index (χ0n) is 19.2. The highest BCUT2D eigenvalue weighted by Crippen LogP contribution is 2.42. The van der Waals surface area contributed by atoms with Gasteiger partial charge in [0.25, 0.3) is 0 Å². The average molecular weight is 460 g/mol. The van der Waals surface area contributed by atoms with E-state index < -0.39 is 17.1 Å². The number of aromatic nitrogens is 1. The van der Waals surface area contributed by atoms with Crippen LogP contribution in [0.25, 0.3) is 21.3 Å². The molecule has 0 N–H and O–H groups in total. The molecule has 6 heteroatoms. The second-order valence-electron chi connectivity index (χ2n) is 9.76. The molecule has 0 bridgehead atoms. The molecule has 31 heavy (non-hydrogen) atoms. The van der Waals surface area contributed by atoms with E-state index in [4.69, 9.17) is 21.1 Å². The number of carbonyl (C=O) groups is 1. The first-order valence-electron chi connectivity index (χ1n) is 10.3. The van der Waals surface area contributed by atoms with Crippen LogP contribution in [-0.2, 0) is 14.3 Å². The van der Waals surface area contributed by atoms with Crippen molar-refractivity contribution in [3.8, 4) is 11.1 Å². The lowest BCUT2D eigenvalue weighted by Gasteiger charge is -2.31. The number of nitrogens with zero attached hydrogens (tertiary/aromatic N) is 1. The van der Waals surface area contributed by atoms with Crippen molar-refractivity contribution in [2.45, 2.75) is 60.2 Å². The van der Waals surface area contributed by atoms with Crippen LogP contribution in [0.2, 0.25) is 5.02 Å². The van der Waals surface area contributed by atoms with Gasteiger partial charge >= 0.3 is 5.97 Å². The van der Waals surface area contributed by atoms with Crippen molar-refractivity contribution < 1.29 is 14.3 Å². The van der Waals surface area contributed by atoms with E-state index in [0.29, 0.717) is 5.02 Å². The summed E-state index contributed by atoms with van der Waals surface area (Å²) in [5, 5.41) is 0.681. The molecule has 0 saturated heterocycles. The van der Waals surface area contributed by atoms with Gasteiger partial charge < -0.3 is 9.47 Å². The van der Waals surface area contributed by atoms with E-state index in [2.05, 4.69) is 18.0 Å². The molecule has 1 heterocycles. The number of fused-ring (bicyclic) bond motifs is 1. The SMILES string of the molecule is Cc1cc2ncsc2c(-c2ccc(Cl)cc2)c1[C@H](COC(=O)C(C)(C)C)OC(C)(C)C. The molecule has 0 fully saturated rings. The molecule has 0 spiro atoms. The Bertz CT molecular complexity index is 1080. The zero-order valence-corrected chi connectivity index (χ0v) is 20.8. The van der Waals surface area contributed by atoms with Crippen molar-refractivity contribution in [1.29, 1.82) is 0 Å². The molecule has 1 aromatic heterocycles. The van der Waals surface area contributed by atoms with Gasteiger partial charge in [0.1, 0.15) is 12.7 Å². The van der Waals surface area contributed by atoms with Gasteiger partial charge in [-0.1, -0.05) is 23.7 Å². The number of esters is 1. The lowest BCUT2D eigenvalue weighted by molar-refractivity contribution is -0.162. The molecule has 0 amide bonds. The molecule has 3 rings (SSSR count). The summed E-state index contributed by atoms with van der Waals surface area (Å²) >= 11 is 7.74. The maximum atomic E-state index is 12.5. The molecule has 0 aliphatic heterocycles. The molecular weight excluding hydrogens is 430 g/mol. The van der Waals surface area contributed by atoms with Crippen molar-refractivity contribution in [3.05, 3.63) is 52.0 Å². The van der Waals surface area contributed by atoms with Crippen molar-refractivity contribution in [1.82, 2.24) is 4.98 Å². The summed E-state index contributed by atoms with van der Waals surface area (Å²) in [5.74, 6) is -0.250. The second kappa shape index (κ2) is 8.89. The summed E-state index contributed by atoms with van der Waals surface area (Å²) in [4.78, 5) is 17.0. The summed E-state index contributed by atoms with van der Waals surface area (Å²) in [6.07, 6.45) is -0.427. The van der Waals surface area contributed by atoms with Crippen molar-refractivity contribution >= 4 is 39.1 Å². The van der Waals surface area contributed by atoms with E-state index in [1.807, 2.05) is 71.3 Å². The summed E-state index contributed by atoms with van der Waals surface area (Å²) in [7, 11) is 0. The highest BCUT2D eigenvalue weighted by Gasteiger charge is 2.30. The molecule has 0 aliphatic rings. The predicted molar refractivity (Wildman–Crippen MR) is 129 cm³/mol. The van der Waals surface area contributed by atoms with E-state index >= 15 is 0 Å². The van der Waals surface area contributed by atoms with Gasteiger partial charge in [0.2, 0.25) is 0 Å². The Morgan fingerprint density at radius 1 is 1.13 bits per heavy atom. The highest BCUT2D eigenvalue weighted by molar-refractivity contribution is 7.17. The van der Waals surface area contributed by atoms with Gasteiger partial charge in [-0.25, -0.2) is 4.98 Å². The predicted octanol–water partition coefficient (Wildman–Crippen LogP) is 7.37. The van der Waals surface area contributed by atoms with Crippen LogP contribution >= 0.6 is 22.9 Å². The molecule has 166 valence electrons. The molecule has 4 nitrogen and oxygen atoms in total. The topological polar surface area (TPSA) is 48.4 Å². The number of rotatable bonds is 5. The number of carbonyl (C=O) groups excluding carboxylic acids is 1. The van der Waals surface area contributed by atoms with E-state index in [9.17, 15) is 4.79 Å². The first kappa shape index (κ1) is 23.7.